The predicted octanol–water partition coefficient (Wildman–Crippen LogP) is 4.16. The number of amides is 2. The SMILES string of the molecule is O=C1S/C(=C\c2ccc(O)cc2)C(=O)N1CCOc1ccc(Cl)cc1. The number of phenols is 1. The lowest BCUT2D eigenvalue weighted by atomic mass is 10.2. The number of halogens is 1. The van der Waals surface area contributed by atoms with Gasteiger partial charge in [-0.2, -0.15) is 0 Å². The molecule has 0 bridgehead atoms. The predicted molar refractivity (Wildman–Crippen MR) is 97.7 cm³/mol. The van der Waals surface area contributed by atoms with E-state index in [4.69, 9.17) is 16.3 Å². The number of hydrogen-bond donors (Lipinski definition) is 1. The van der Waals surface area contributed by atoms with Crippen LogP contribution in [0, 0.1) is 0 Å². The number of ether oxygens (including phenoxy) is 1. The highest BCUT2D eigenvalue weighted by Gasteiger charge is 2.34. The molecule has 0 atom stereocenters. The van der Waals surface area contributed by atoms with Crippen molar-refractivity contribution in [3.05, 3.63) is 64.0 Å². The molecule has 0 unspecified atom stereocenters. The minimum Gasteiger partial charge on any atom is -0.508 e. The molecule has 1 aliphatic heterocycles. The molecule has 25 heavy (non-hydrogen) atoms. The van der Waals surface area contributed by atoms with Gasteiger partial charge in [0, 0.05) is 5.02 Å². The number of nitrogens with zero attached hydrogens (tertiary/aromatic N) is 1. The second-order valence-corrected chi connectivity index (χ2v) is 6.66. The standard InChI is InChI=1S/C18H14ClNO4S/c19-13-3-7-15(8-4-13)24-10-9-20-17(22)16(25-18(20)23)11-12-1-5-14(21)6-2-12/h1-8,11,21H,9-10H2/b16-11-. The van der Waals surface area contributed by atoms with Crippen LogP contribution in [0.3, 0.4) is 0 Å². The van der Waals surface area contributed by atoms with Crippen LogP contribution < -0.4 is 4.74 Å². The third-order valence-corrected chi connectivity index (χ3v) is 4.62. The monoisotopic (exact) mass is 375 g/mol. The number of imide groups is 1. The van der Waals surface area contributed by atoms with Gasteiger partial charge in [-0.25, -0.2) is 0 Å². The van der Waals surface area contributed by atoms with Gasteiger partial charge in [-0.1, -0.05) is 23.7 Å². The van der Waals surface area contributed by atoms with Gasteiger partial charge in [-0.3, -0.25) is 14.5 Å². The molecule has 1 aliphatic rings. The second kappa shape index (κ2) is 7.63. The second-order valence-electron chi connectivity index (χ2n) is 5.23. The molecule has 1 N–H and O–H groups in total. The highest BCUT2D eigenvalue weighted by molar-refractivity contribution is 8.18. The van der Waals surface area contributed by atoms with E-state index in [-0.39, 0.29) is 30.0 Å². The van der Waals surface area contributed by atoms with Crippen LogP contribution in [0.4, 0.5) is 4.79 Å². The normalized spacial score (nSPS) is 15.9. The molecular weight excluding hydrogens is 362 g/mol. The fourth-order valence-electron chi connectivity index (χ4n) is 2.20. The number of hydrogen-bond acceptors (Lipinski definition) is 5. The molecule has 3 rings (SSSR count). The maximum absolute atomic E-state index is 12.4. The minimum absolute atomic E-state index is 0.143. The fraction of sp³-hybridized carbons (Fsp3) is 0.111. The summed E-state index contributed by atoms with van der Waals surface area (Å²) in [4.78, 5) is 25.9. The number of carbonyl (C=O) groups excluding carboxylic acids is 2. The highest BCUT2D eigenvalue weighted by Crippen LogP contribution is 2.32. The zero-order valence-corrected chi connectivity index (χ0v) is 14.6. The molecule has 1 heterocycles. The van der Waals surface area contributed by atoms with E-state index in [1.807, 2.05) is 0 Å². The third kappa shape index (κ3) is 4.35. The Bertz CT molecular complexity index is 818. The number of aromatic hydroxyl groups is 1. The summed E-state index contributed by atoms with van der Waals surface area (Å²) in [6.07, 6.45) is 1.63. The van der Waals surface area contributed by atoms with Gasteiger partial charge in [0.15, 0.2) is 0 Å². The van der Waals surface area contributed by atoms with Crippen molar-refractivity contribution in [2.24, 2.45) is 0 Å². The van der Waals surface area contributed by atoms with E-state index in [1.54, 1.807) is 42.5 Å². The summed E-state index contributed by atoms with van der Waals surface area (Å²) in [6, 6.07) is 13.3. The van der Waals surface area contributed by atoms with Crippen molar-refractivity contribution >= 4 is 40.6 Å². The first kappa shape index (κ1) is 17.4. The molecule has 0 saturated carbocycles. The van der Waals surface area contributed by atoms with E-state index in [1.165, 1.54) is 12.1 Å². The largest absolute Gasteiger partial charge is 0.508 e. The van der Waals surface area contributed by atoms with Gasteiger partial charge >= 0.3 is 0 Å². The van der Waals surface area contributed by atoms with Gasteiger partial charge in [-0.15, -0.1) is 0 Å². The van der Waals surface area contributed by atoms with Crippen molar-refractivity contribution in [3.63, 3.8) is 0 Å². The van der Waals surface area contributed by atoms with Crippen LogP contribution in [0.2, 0.25) is 5.02 Å². The number of phenolic OH excluding ortho intramolecular Hbond substituents is 1. The fourth-order valence-corrected chi connectivity index (χ4v) is 3.19. The van der Waals surface area contributed by atoms with E-state index >= 15 is 0 Å². The first-order valence-electron chi connectivity index (χ1n) is 7.46. The molecule has 1 saturated heterocycles. The van der Waals surface area contributed by atoms with Crippen LogP contribution in [0.1, 0.15) is 5.56 Å². The molecule has 0 aromatic heterocycles. The third-order valence-electron chi connectivity index (χ3n) is 3.46. The molecule has 0 aliphatic carbocycles. The van der Waals surface area contributed by atoms with Gasteiger partial charge in [0.05, 0.1) is 11.4 Å². The van der Waals surface area contributed by atoms with Crippen molar-refractivity contribution < 1.29 is 19.4 Å². The molecule has 2 amide bonds. The summed E-state index contributed by atoms with van der Waals surface area (Å²) in [5.74, 6) is 0.420. The van der Waals surface area contributed by atoms with Crippen molar-refractivity contribution in [2.45, 2.75) is 0 Å². The Morgan fingerprint density at radius 3 is 2.44 bits per heavy atom. The van der Waals surface area contributed by atoms with Crippen LogP contribution in [0.5, 0.6) is 11.5 Å². The molecule has 0 spiro atoms. The first-order valence-corrected chi connectivity index (χ1v) is 8.65. The maximum atomic E-state index is 12.4. The Hall–Kier alpha value is -2.44. The molecule has 1 fully saturated rings. The van der Waals surface area contributed by atoms with E-state index in [0.29, 0.717) is 15.7 Å². The van der Waals surface area contributed by atoms with E-state index < -0.39 is 0 Å². The number of carbonyl (C=O) groups is 2. The van der Waals surface area contributed by atoms with E-state index in [9.17, 15) is 14.7 Å². The number of thioether (sulfide) groups is 1. The summed E-state index contributed by atoms with van der Waals surface area (Å²) in [6.45, 7) is 0.367. The Balaban J connectivity index is 1.61. The maximum Gasteiger partial charge on any atom is 0.293 e. The van der Waals surface area contributed by atoms with Gasteiger partial charge in [-0.05, 0) is 59.8 Å². The smallest absolute Gasteiger partial charge is 0.293 e. The quantitative estimate of drug-likeness (QED) is 0.795. The molecule has 5 nitrogen and oxygen atoms in total. The first-order chi connectivity index (χ1) is 12.0. The van der Waals surface area contributed by atoms with Crippen LogP contribution in [-0.2, 0) is 4.79 Å². The van der Waals surface area contributed by atoms with Gasteiger partial charge in [0.2, 0.25) is 0 Å². The Morgan fingerprint density at radius 2 is 1.76 bits per heavy atom. The van der Waals surface area contributed by atoms with E-state index in [2.05, 4.69) is 0 Å². The van der Waals surface area contributed by atoms with Crippen LogP contribution in [-0.4, -0.2) is 34.3 Å². The van der Waals surface area contributed by atoms with Gasteiger partial charge in [0.1, 0.15) is 18.1 Å². The van der Waals surface area contributed by atoms with Crippen LogP contribution in [0.15, 0.2) is 53.4 Å². The summed E-state index contributed by atoms with van der Waals surface area (Å²) in [5, 5.41) is 9.57. The lowest BCUT2D eigenvalue weighted by Gasteiger charge is -2.13. The van der Waals surface area contributed by atoms with Crippen molar-refractivity contribution in [1.82, 2.24) is 4.90 Å². The lowest BCUT2D eigenvalue weighted by molar-refractivity contribution is -0.123. The average Bonchev–Trinajstić information content (AvgIpc) is 2.86. The molecule has 128 valence electrons. The van der Waals surface area contributed by atoms with Crippen molar-refractivity contribution in [2.75, 3.05) is 13.2 Å². The minimum atomic E-state index is -0.345. The molecule has 0 radical (unpaired) electrons. The van der Waals surface area contributed by atoms with Crippen molar-refractivity contribution in [3.8, 4) is 11.5 Å². The van der Waals surface area contributed by atoms with Crippen LogP contribution >= 0.6 is 23.4 Å². The zero-order chi connectivity index (χ0) is 17.8. The Kier molecular flexibility index (Phi) is 5.31. The Morgan fingerprint density at radius 1 is 1.08 bits per heavy atom. The lowest BCUT2D eigenvalue weighted by Crippen LogP contribution is -2.32. The van der Waals surface area contributed by atoms with Gasteiger partial charge in [0.25, 0.3) is 11.1 Å². The molecular formula is C18H14ClNO4S. The summed E-state index contributed by atoms with van der Waals surface area (Å²) < 4.78 is 5.53. The number of benzene rings is 2. The molecule has 2 aromatic carbocycles. The summed E-state index contributed by atoms with van der Waals surface area (Å²) in [5.41, 5.74) is 0.737. The van der Waals surface area contributed by atoms with Gasteiger partial charge < -0.3 is 9.84 Å². The topological polar surface area (TPSA) is 66.8 Å². The van der Waals surface area contributed by atoms with Crippen LogP contribution in [0.25, 0.3) is 6.08 Å². The average molecular weight is 376 g/mol. The number of rotatable bonds is 5. The summed E-state index contributed by atoms with van der Waals surface area (Å²) >= 11 is 6.69. The highest BCUT2D eigenvalue weighted by atomic mass is 35.5. The molecule has 2 aromatic rings. The molecule has 7 heteroatoms. The zero-order valence-electron chi connectivity index (χ0n) is 13.0. The van der Waals surface area contributed by atoms with Crippen molar-refractivity contribution in [1.29, 1.82) is 0 Å². The summed E-state index contributed by atoms with van der Waals surface area (Å²) in [7, 11) is 0. The van der Waals surface area contributed by atoms with E-state index in [0.717, 1.165) is 22.2 Å². The Labute approximate surface area is 153 Å².